The van der Waals surface area contributed by atoms with Crippen LogP contribution < -0.4 is 11.1 Å². The number of nitrogens with one attached hydrogen (secondary N) is 1. The number of anilines is 1. The number of nitrogen functional groups attached to an aromatic ring is 1. The summed E-state index contributed by atoms with van der Waals surface area (Å²) in [5.41, 5.74) is 9.62. The second-order valence-corrected chi connectivity index (χ2v) is 5.77. The normalized spacial score (nSPS) is 11.3. The molecule has 0 unspecified atom stereocenters. The van der Waals surface area contributed by atoms with Crippen LogP contribution in [-0.4, -0.2) is 36.8 Å². The van der Waals surface area contributed by atoms with Crippen molar-refractivity contribution in [3.05, 3.63) is 42.2 Å². The average Bonchev–Trinajstić information content (AvgIpc) is 3.15. The van der Waals surface area contributed by atoms with Crippen molar-refractivity contribution >= 4 is 28.4 Å². The van der Waals surface area contributed by atoms with E-state index in [9.17, 15) is 4.79 Å². The fraction of sp³-hybridized carbons (Fsp3) is 0.176. The summed E-state index contributed by atoms with van der Waals surface area (Å²) in [6.45, 7) is 2.47. The second-order valence-electron chi connectivity index (χ2n) is 5.77. The minimum Gasteiger partial charge on any atom is -0.366 e. The number of nitrogens with two attached hydrogens (primary N) is 1. The first kappa shape index (κ1) is 15.1. The quantitative estimate of drug-likeness (QED) is 0.592. The molecule has 0 atom stereocenters. The molecule has 4 aromatic rings. The molecular weight excluding hydrogens is 318 g/mol. The van der Waals surface area contributed by atoms with Gasteiger partial charge in [-0.15, -0.1) is 5.10 Å². The summed E-state index contributed by atoms with van der Waals surface area (Å²) in [4.78, 5) is 16.5. The minimum atomic E-state index is -0.111. The highest BCUT2D eigenvalue weighted by Gasteiger charge is 2.14. The maximum Gasteiger partial charge on any atom is 0.251 e. The fourth-order valence-corrected chi connectivity index (χ4v) is 2.95. The smallest absolute Gasteiger partial charge is 0.251 e. The molecule has 1 amide bonds. The lowest BCUT2D eigenvalue weighted by atomic mass is 9.99. The second kappa shape index (κ2) is 5.59. The molecule has 0 fully saturated rings. The van der Waals surface area contributed by atoms with Gasteiger partial charge in [0.2, 0.25) is 5.95 Å². The third-order valence-electron chi connectivity index (χ3n) is 4.13. The summed E-state index contributed by atoms with van der Waals surface area (Å²) in [6.07, 6.45) is 3.60. The Hall–Kier alpha value is -3.42. The van der Waals surface area contributed by atoms with Gasteiger partial charge in [-0.3, -0.25) is 9.48 Å². The number of benzene rings is 1. The fourth-order valence-electron chi connectivity index (χ4n) is 2.95. The number of aryl methyl sites for hydroxylation is 1. The number of hydrogen-bond donors (Lipinski definition) is 2. The summed E-state index contributed by atoms with van der Waals surface area (Å²) < 4.78 is 3.38. The van der Waals surface area contributed by atoms with Gasteiger partial charge in [0, 0.05) is 30.7 Å². The summed E-state index contributed by atoms with van der Waals surface area (Å²) in [5.74, 6) is 0.111. The Labute approximate surface area is 143 Å². The van der Waals surface area contributed by atoms with Gasteiger partial charge in [0.1, 0.15) is 0 Å². The molecule has 1 aromatic carbocycles. The van der Waals surface area contributed by atoms with Gasteiger partial charge in [0.05, 0.1) is 11.7 Å². The Kier molecular flexibility index (Phi) is 3.38. The summed E-state index contributed by atoms with van der Waals surface area (Å²) in [5, 5.41) is 12.2. The van der Waals surface area contributed by atoms with Gasteiger partial charge in [-0.05, 0) is 42.3 Å². The van der Waals surface area contributed by atoms with Crippen LogP contribution in [0.1, 0.15) is 17.3 Å². The van der Waals surface area contributed by atoms with Crippen molar-refractivity contribution in [3.63, 3.8) is 0 Å². The zero-order chi connectivity index (χ0) is 17.6. The average molecular weight is 335 g/mol. The van der Waals surface area contributed by atoms with Crippen molar-refractivity contribution in [2.24, 2.45) is 7.05 Å². The van der Waals surface area contributed by atoms with Crippen LogP contribution in [0.25, 0.3) is 27.7 Å². The molecule has 0 aliphatic rings. The van der Waals surface area contributed by atoms with Gasteiger partial charge >= 0.3 is 0 Å². The maximum absolute atomic E-state index is 12.3. The Morgan fingerprint density at radius 3 is 2.96 bits per heavy atom. The number of carbonyl (C=O) groups excluding carboxylic acids is 1. The van der Waals surface area contributed by atoms with E-state index in [4.69, 9.17) is 5.73 Å². The molecule has 3 N–H and O–H groups in total. The van der Waals surface area contributed by atoms with E-state index in [2.05, 4.69) is 20.5 Å². The van der Waals surface area contributed by atoms with Gasteiger partial charge in [-0.1, -0.05) is 0 Å². The lowest BCUT2D eigenvalue weighted by Crippen LogP contribution is -2.22. The Morgan fingerprint density at radius 1 is 1.32 bits per heavy atom. The lowest BCUT2D eigenvalue weighted by Gasteiger charge is -2.09. The molecule has 0 bridgehead atoms. The Balaban J connectivity index is 1.96. The molecule has 126 valence electrons. The van der Waals surface area contributed by atoms with Gasteiger partial charge < -0.3 is 11.1 Å². The van der Waals surface area contributed by atoms with Crippen LogP contribution in [0.3, 0.4) is 0 Å². The number of amides is 1. The number of pyridine rings is 1. The molecule has 0 aliphatic heterocycles. The van der Waals surface area contributed by atoms with E-state index >= 15 is 0 Å². The van der Waals surface area contributed by atoms with E-state index in [1.807, 2.05) is 38.2 Å². The van der Waals surface area contributed by atoms with E-state index < -0.39 is 0 Å². The van der Waals surface area contributed by atoms with Crippen LogP contribution >= 0.6 is 0 Å². The Morgan fingerprint density at radius 2 is 2.16 bits per heavy atom. The molecule has 0 saturated heterocycles. The maximum atomic E-state index is 12.3. The number of rotatable bonds is 3. The van der Waals surface area contributed by atoms with Crippen molar-refractivity contribution in [3.8, 4) is 11.1 Å². The number of aromatic nitrogens is 5. The van der Waals surface area contributed by atoms with Crippen LogP contribution in [0.15, 0.2) is 36.7 Å². The molecule has 0 spiro atoms. The van der Waals surface area contributed by atoms with Gasteiger partial charge in [0.25, 0.3) is 5.91 Å². The summed E-state index contributed by atoms with van der Waals surface area (Å²) in [6, 6.07) is 7.54. The minimum absolute atomic E-state index is 0.111. The van der Waals surface area contributed by atoms with Crippen LogP contribution in [0.2, 0.25) is 0 Å². The molecule has 8 nitrogen and oxygen atoms in total. The van der Waals surface area contributed by atoms with Crippen LogP contribution in [-0.2, 0) is 7.05 Å². The van der Waals surface area contributed by atoms with Crippen LogP contribution in [0, 0.1) is 0 Å². The van der Waals surface area contributed by atoms with Crippen molar-refractivity contribution in [1.82, 2.24) is 29.7 Å². The van der Waals surface area contributed by atoms with Crippen molar-refractivity contribution < 1.29 is 4.79 Å². The molecule has 3 aromatic heterocycles. The Bertz CT molecular complexity index is 1110. The largest absolute Gasteiger partial charge is 0.366 e. The van der Waals surface area contributed by atoms with E-state index in [0.717, 1.165) is 22.0 Å². The van der Waals surface area contributed by atoms with Crippen LogP contribution in [0.5, 0.6) is 0 Å². The number of carbonyl (C=O) groups is 1. The highest BCUT2D eigenvalue weighted by atomic mass is 16.1. The molecule has 8 heteroatoms. The molecular formula is C17H17N7O. The monoisotopic (exact) mass is 335 g/mol. The highest BCUT2D eigenvalue weighted by Crippen LogP contribution is 2.30. The molecule has 25 heavy (non-hydrogen) atoms. The number of hydrogen-bond acceptors (Lipinski definition) is 5. The predicted molar refractivity (Wildman–Crippen MR) is 95.1 cm³/mol. The lowest BCUT2D eigenvalue weighted by molar-refractivity contribution is 0.0956. The standard InChI is InChI=1S/C17H17N7O/c1-3-19-16(25)11-6-12(13-9-20-23(2)14(13)7-11)10-4-5-24-15(8-10)21-17(18)22-24/h4-9H,3H2,1-2H3,(H2,18,22)(H,19,25). The van der Waals surface area contributed by atoms with E-state index in [1.165, 1.54) is 0 Å². The molecule has 0 saturated carbocycles. The predicted octanol–water partition coefficient (Wildman–Crippen LogP) is 1.61. The number of fused-ring (bicyclic) bond motifs is 2. The summed E-state index contributed by atoms with van der Waals surface area (Å²) >= 11 is 0. The zero-order valence-electron chi connectivity index (χ0n) is 13.9. The first-order chi connectivity index (χ1) is 12.1. The zero-order valence-corrected chi connectivity index (χ0v) is 13.9. The van der Waals surface area contributed by atoms with E-state index in [-0.39, 0.29) is 11.9 Å². The summed E-state index contributed by atoms with van der Waals surface area (Å²) in [7, 11) is 1.86. The van der Waals surface area contributed by atoms with Crippen molar-refractivity contribution in [1.29, 1.82) is 0 Å². The molecule has 0 aliphatic carbocycles. The third-order valence-corrected chi connectivity index (χ3v) is 4.13. The van der Waals surface area contributed by atoms with Crippen molar-refractivity contribution in [2.75, 3.05) is 12.3 Å². The van der Waals surface area contributed by atoms with Gasteiger partial charge in [-0.2, -0.15) is 10.1 Å². The van der Waals surface area contributed by atoms with Gasteiger partial charge in [-0.25, -0.2) is 4.52 Å². The van der Waals surface area contributed by atoms with Gasteiger partial charge in [0.15, 0.2) is 5.65 Å². The van der Waals surface area contributed by atoms with Crippen LogP contribution in [0.4, 0.5) is 5.95 Å². The molecule has 4 rings (SSSR count). The SMILES string of the molecule is CCNC(=O)c1cc(-c2ccn3nc(N)nc3c2)c2cnn(C)c2c1. The molecule has 3 heterocycles. The third kappa shape index (κ3) is 2.47. The first-order valence-electron chi connectivity index (χ1n) is 7.93. The van der Waals surface area contributed by atoms with E-state index in [1.54, 1.807) is 21.6 Å². The molecule has 0 radical (unpaired) electrons. The number of nitrogens with zero attached hydrogens (tertiary/aromatic N) is 5. The topological polar surface area (TPSA) is 103 Å². The first-order valence-corrected chi connectivity index (χ1v) is 7.93. The highest BCUT2D eigenvalue weighted by molar-refractivity contribution is 6.03. The van der Waals surface area contributed by atoms with E-state index in [0.29, 0.717) is 17.8 Å². The van der Waals surface area contributed by atoms with Crippen molar-refractivity contribution in [2.45, 2.75) is 6.92 Å².